The average molecular weight is 333 g/mol. The summed E-state index contributed by atoms with van der Waals surface area (Å²) in [6.45, 7) is 8.30. The average Bonchev–Trinajstić information content (AvgIpc) is 3.19. The Labute approximate surface area is 143 Å². The number of piperidine rings is 1. The first-order valence-corrected chi connectivity index (χ1v) is 8.89. The van der Waals surface area contributed by atoms with E-state index in [9.17, 15) is 9.59 Å². The molecule has 2 atom stereocenters. The van der Waals surface area contributed by atoms with Crippen molar-refractivity contribution in [2.75, 3.05) is 19.6 Å². The highest BCUT2D eigenvalue weighted by molar-refractivity contribution is 5.91. The van der Waals surface area contributed by atoms with E-state index >= 15 is 0 Å². The summed E-state index contributed by atoms with van der Waals surface area (Å²) in [5.41, 5.74) is -0.306. The summed E-state index contributed by atoms with van der Waals surface area (Å²) in [6.07, 6.45) is 4.08. The predicted molar refractivity (Wildman–Crippen MR) is 90.3 cm³/mol. The summed E-state index contributed by atoms with van der Waals surface area (Å²) in [5.74, 6) is 0.966. The molecule has 3 heterocycles. The van der Waals surface area contributed by atoms with Crippen LogP contribution in [0, 0.1) is 5.92 Å². The molecule has 3 rings (SSSR count). The van der Waals surface area contributed by atoms with E-state index in [2.05, 4.69) is 19.2 Å². The van der Waals surface area contributed by atoms with E-state index in [0.717, 1.165) is 25.8 Å². The zero-order valence-corrected chi connectivity index (χ0v) is 14.7. The first kappa shape index (κ1) is 17.0. The third-order valence-corrected chi connectivity index (χ3v) is 5.44. The second-order valence-corrected chi connectivity index (χ2v) is 7.13. The lowest BCUT2D eigenvalue weighted by Crippen LogP contribution is -2.60. The van der Waals surface area contributed by atoms with Gasteiger partial charge in [0.1, 0.15) is 0 Å². The Hall–Kier alpha value is -1.82. The summed E-state index contributed by atoms with van der Waals surface area (Å²) in [6, 6.07) is 3.27. The maximum Gasteiger partial charge on any atom is 0.289 e. The SMILES string of the molecule is CC[C@H](C)CN1C(=O)[C@H](C)NC12CCN(C(=O)c1ccco1)CC2. The van der Waals surface area contributed by atoms with Gasteiger partial charge in [0.15, 0.2) is 5.76 Å². The van der Waals surface area contributed by atoms with Gasteiger partial charge in [-0.25, -0.2) is 0 Å². The van der Waals surface area contributed by atoms with Crippen molar-refractivity contribution in [1.82, 2.24) is 15.1 Å². The monoisotopic (exact) mass is 333 g/mol. The van der Waals surface area contributed by atoms with Crippen molar-refractivity contribution < 1.29 is 14.0 Å². The van der Waals surface area contributed by atoms with E-state index in [1.54, 1.807) is 12.1 Å². The van der Waals surface area contributed by atoms with Crippen molar-refractivity contribution in [2.45, 2.75) is 51.7 Å². The summed E-state index contributed by atoms with van der Waals surface area (Å²) in [5, 5.41) is 3.51. The quantitative estimate of drug-likeness (QED) is 0.916. The Balaban J connectivity index is 1.70. The summed E-state index contributed by atoms with van der Waals surface area (Å²) >= 11 is 0. The largest absolute Gasteiger partial charge is 0.459 e. The Kier molecular flexibility index (Phi) is 4.67. The fraction of sp³-hybridized carbons (Fsp3) is 0.667. The molecule has 6 heteroatoms. The number of nitrogens with zero attached hydrogens (tertiary/aromatic N) is 2. The Morgan fingerprint density at radius 1 is 1.46 bits per heavy atom. The number of nitrogens with one attached hydrogen (secondary N) is 1. The van der Waals surface area contributed by atoms with E-state index in [-0.39, 0.29) is 23.5 Å². The van der Waals surface area contributed by atoms with Crippen LogP contribution in [0.1, 0.15) is 50.6 Å². The van der Waals surface area contributed by atoms with Gasteiger partial charge in [0.05, 0.1) is 18.0 Å². The van der Waals surface area contributed by atoms with E-state index in [0.29, 0.717) is 24.8 Å². The topological polar surface area (TPSA) is 65.8 Å². The van der Waals surface area contributed by atoms with Crippen LogP contribution in [0.2, 0.25) is 0 Å². The summed E-state index contributed by atoms with van der Waals surface area (Å²) < 4.78 is 5.22. The van der Waals surface area contributed by atoms with Crippen molar-refractivity contribution in [1.29, 1.82) is 0 Å². The molecule has 1 N–H and O–H groups in total. The highest BCUT2D eigenvalue weighted by Crippen LogP contribution is 2.33. The van der Waals surface area contributed by atoms with Crippen molar-refractivity contribution in [2.24, 2.45) is 5.92 Å². The molecule has 24 heavy (non-hydrogen) atoms. The molecule has 132 valence electrons. The van der Waals surface area contributed by atoms with Gasteiger partial charge >= 0.3 is 0 Å². The first-order valence-electron chi connectivity index (χ1n) is 8.89. The molecule has 2 saturated heterocycles. The molecular weight excluding hydrogens is 306 g/mol. The smallest absolute Gasteiger partial charge is 0.289 e. The molecule has 2 aliphatic heterocycles. The van der Waals surface area contributed by atoms with E-state index in [1.807, 2.05) is 16.7 Å². The van der Waals surface area contributed by atoms with Gasteiger partial charge in [-0.2, -0.15) is 0 Å². The van der Waals surface area contributed by atoms with Crippen molar-refractivity contribution in [3.05, 3.63) is 24.2 Å². The minimum Gasteiger partial charge on any atom is -0.459 e. The fourth-order valence-corrected chi connectivity index (χ4v) is 3.74. The maximum atomic E-state index is 12.6. The second-order valence-electron chi connectivity index (χ2n) is 7.13. The van der Waals surface area contributed by atoms with Crippen LogP contribution < -0.4 is 5.32 Å². The molecule has 0 unspecified atom stereocenters. The van der Waals surface area contributed by atoms with Crippen LogP contribution in [0.4, 0.5) is 0 Å². The van der Waals surface area contributed by atoms with Gasteiger partial charge in [-0.05, 0) is 25.0 Å². The molecule has 0 radical (unpaired) electrons. The van der Waals surface area contributed by atoms with Crippen molar-refractivity contribution in [3.63, 3.8) is 0 Å². The number of furan rings is 1. The molecule has 2 aliphatic rings. The van der Waals surface area contributed by atoms with Crippen LogP contribution in [0.5, 0.6) is 0 Å². The van der Waals surface area contributed by atoms with Crippen LogP contribution in [0.15, 0.2) is 22.8 Å². The molecule has 0 bridgehead atoms. The normalized spacial score (nSPS) is 24.6. The van der Waals surface area contributed by atoms with Gasteiger partial charge in [0.2, 0.25) is 5.91 Å². The van der Waals surface area contributed by atoms with E-state index in [4.69, 9.17) is 4.42 Å². The minimum absolute atomic E-state index is 0.0688. The van der Waals surface area contributed by atoms with Crippen LogP contribution in [-0.4, -0.2) is 53.0 Å². The molecule has 0 aliphatic carbocycles. The molecule has 6 nitrogen and oxygen atoms in total. The first-order chi connectivity index (χ1) is 11.5. The lowest BCUT2D eigenvalue weighted by molar-refractivity contribution is -0.133. The van der Waals surface area contributed by atoms with E-state index in [1.165, 1.54) is 6.26 Å². The molecule has 2 fully saturated rings. The van der Waals surface area contributed by atoms with Crippen LogP contribution in [-0.2, 0) is 4.79 Å². The van der Waals surface area contributed by atoms with Gasteiger partial charge < -0.3 is 14.2 Å². The fourth-order valence-electron chi connectivity index (χ4n) is 3.74. The standard InChI is InChI=1S/C18H27N3O3/c1-4-13(2)12-21-16(22)14(3)19-18(21)7-9-20(10-8-18)17(23)15-6-5-11-24-15/h5-6,11,13-14,19H,4,7-10,12H2,1-3H3/t13-,14-/m0/s1. The Bertz CT molecular complexity index is 591. The van der Waals surface area contributed by atoms with Crippen LogP contribution >= 0.6 is 0 Å². The number of rotatable bonds is 4. The minimum atomic E-state index is -0.306. The van der Waals surface area contributed by atoms with Gasteiger partial charge in [-0.15, -0.1) is 0 Å². The van der Waals surface area contributed by atoms with Crippen molar-refractivity contribution in [3.8, 4) is 0 Å². The molecule has 0 aromatic carbocycles. The third-order valence-electron chi connectivity index (χ3n) is 5.44. The maximum absolute atomic E-state index is 12.6. The second kappa shape index (κ2) is 6.59. The van der Waals surface area contributed by atoms with E-state index < -0.39 is 0 Å². The third kappa shape index (κ3) is 2.95. The zero-order valence-electron chi connectivity index (χ0n) is 14.7. The lowest BCUT2D eigenvalue weighted by Gasteiger charge is -2.45. The van der Waals surface area contributed by atoms with Crippen molar-refractivity contribution >= 4 is 11.8 Å². The molecule has 1 spiro atoms. The lowest BCUT2D eigenvalue weighted by atomic mass is 9.94. The van der Waals surface area contributed by atoms with Gasteiger partial charge in [-0.3, -0.25) is 14.9 Å². The Morgan fingerprint density at radius 3 is 2.75 bits per heavy atom. The highest BCUT2D eigenvalue weighted by atomic mass is 16.3. The zero-order chi connectivity index (χ0) is 17.3. The number of hydrogen-bond donors (Lipinski definition) is 1. The summed E-state index contributed by atoms with van der Waals surface area (Å²) in [7, 11) is 0. The van der Waals surface area contributed by atoms with Gasteiger partial charge in [-0.1, -0.05) is 20.3 Å². The van der Waals surface area contributed by atoms with Gasteiger partial charge in [0.25, 0.3) is 5.91 Å². The number of carbonyl (C=O) groups is 2. The Morgan fingerprint density at radius 2 is 2.17 bits per heavy atom. The van der Waals surface area contributed by atoms with Crippen LogP contribution in [0.25, 0.3) is 0 Å². The summed E-state index contributed by atoms with van der Waals surface area (Å²) in [4.78, 5) is 28.9. The molecule has 1 aromatic rings. The molecule has 0 saturated carbocycles. The number of carbonyl (C=O) groups excluding carboxylic acids is 2. The van der Waals surface area contributed by atoms with Crippen LogP contribution in [0.3, 0.4) is 0 Å². The molecule has 2 amide bonds. The molecular formula is C18H27N3O3. The number of amides is 2. The number of hydrogen-bond acceptors (Lipinski definition) is 4. The number of likely N-dealkylation sites (tertiary alicyclic amines) is 1. The molecule has 1 aromatic heterocycles. The predicted octanol–water partition coefficient (Wildman–Crippen LogP) is 2.08. The highest BCUT2D eigenvalue weighted by Gasteiger charge is 2.50. The van der Waals surface area contributed by atoms with Gasteiger partial charge in [0, 0.05) is 32.5 Å².